The van der Waals surface area contributed by atoms with Crippen LogP contribution in [0.1, 0.15) is 13.8 Å². The molecule has 0 saturated carbocycles. The summed E-state index contributed by atoms with van der Waals surface area (Å²) in [4.78, 5) is 4.59. The van der Waals surface area contributed by atoms with Crippen molar-refractivity contribution in [2.45, 2.75) is 23.7 Å². The Balaban J connectivity index is -0.0000000886. The van der Waals surface area contributed by atoms with E-state index < -0.39 is 0 Å². The monoisotopic (exact) mass is 332 g/mol. The Labute approximate surface area is 102 Å². The van der Waals surface area contributed by atoms with E-state index >= 15 is 0 Å². The van der Waals surface area contributed by atoms with Gasteiger partial charge in [-0.05, 0) is 0 Å². The minimum atomic E-state index is 0.230. The van der Waals surface area contributed by atoms with Crippen LogP contribution in [0, 0.1) is 0 Å². The van der Waals surface area contributed by atoms with Gasteiger partial charge in [0.15, 0.2) is 0 Å². The summed E-state index contributed by atoms with van der Waals surface area (Å²) in [6.45, 7) is 3.43. The second kappa shape index (κ2) is 17.5. The predicted octanol–water partition coefficient (Wildman–Crippen LogP) is 2.55. The van der Waals surface area contributed by atoms with Crippen LogP contribution in [0.5, 0.6) is 0 Å². The minimum absolute atomic E-state index is 0.230. The van der Waals surface area contributed by atoms with Gasteiger partial charge in [-0.2, -0.15) is 8.39 Å². The molecule has 0 bridgehead atoms. The molecule has 0 atom stereocenters. The van der Waals surface area contributed by atoms with E-state index in [4.69, 9.17) is 0 Å². The van der Waals surface area contributed by atoms with Gasteiger partial charge in [0.05, 0.1) is 0 Å². The van der Waals surface area contributed by atoms with Crippen molar-refractivity contribution < 1.29 is 0 Å². The van der Waals surface area contributed by atoms with Crippen molar-refractivity contribution in [3.63, 3.8) is 0 Å². The summed E-state index contributed by atoms with van der Waals surface area (Å²) in [6.07, 6.45) is 0. The molecule has 0 unspecified atom stereocenters. The van der Waals surface area contributed by atoms with Crippen LogP contribution in [-0.4, -0.2) is 29.5 Å². The first-order chi connectivity index (χ1) is 4.88. The van der Waals surface area contributed by atoms with E-state index in [0.717, 1.165) is 0 Å². The van der Waals surface area contributed by atoms with Crippen LogP contribution in [0.25, 0.3) is 0 Å². The number of hydrogen-bond donors (Lipinski definition) is 0. The molecule has 0 heterocycles. The average Bonchev–Trinajstić information content (AvgIpc) is 1.60. The summed E-state index contributed by atoms with van der Waals surface area (Å²) in [6, 6.07) is 0. The van der Waals surface area contributed by atoms with Crippen molar-refractivity contribution in [2.75, 3.05) is 0 Å². The maximum absolute atomic E-state index is 4.35. The molecule has 0 rings (SSSR count). The molecular formula is C6H12S4Sn. The Morgan fingerprint density at radius 2 is 1.00 bits per heavy atom. The topological polar surface area (TPSA) is 0 Å². The van der Waals surface area contributed by atoms with Crippen molar-refractivity contribution in [3.8, 4) is 0 Å². The van der Waals surface area contributed by atoms with Crippen LogP contribution in [0.3, 0.4) is 0 Å². The molecule has 0 aromatic carbocycles. The van der Waals surface area contributed by atoms with Gasteiger partial charge in [-0.15, -0.1) is 0 Å². The summed E-state index contributed by atoms with van der Waals surface area (Å²) in [5.74, 6) is 0. The molecule has 0 spiro atoms. The second-order valence-electron chi connectivity index (χ2n) is 1.48. The fraction of sp³-hybridized carbons (Fsp3) is 0.667. The Hall–Kier alpha value is 1.42. The Morgan fingerprint density at radius 1 is 1.00 bits per heavy atom. The van der Waals surface area contributed by atoms with E-state index in [0.29, 0.717) is 8.39 Å². The molecule has 0 aliphatic heterocycles. The molecule has 0 saturated heterocycles. The van der Waals surface area contributed by atoms with E-state index in [2.05, 4.69) is 59.6 Å². The van der Waals surface area contributed by atoms with Crippen LogP contribution in [-0.2, 0) is 25.3 Å². The van der Waals surface area contributed by atoms with Gasteiger partial charge in [-0.3, -0.25) is 0 Å². The summed E-state index contributed by atoms with van der Waals surface area (Å²) < 4.78 is 1.17. The van der Waals surface area contributed by atoms with Crippen molar-refractivity contribution in [1.29, 1.82) is 0 Å². The van der Waals surface area contributed by atoms with Crippen LogP contribution < -0.4 is 0 Å². The molecule has 64 valence electrons. The van der Waals surface area contributed by atoms with Crippen molar-refractivity contribution in [2.24, 2.45) is 0 Å². The maximum atomic E-state index is 4.35. The van der Waals surface area contributed by atoms with Crippen molar-refractivity contribution >= 4 is 79.2 Å². The fourth-order valence-electron chi connectivity index (χ4n) is 0. The van der Waals surface area contributed by atoms with E-state index in [1.54, 1.807) is 13.8 Å². The molecular weight excluding hydrogens is 319 g/mol. The number of rotatable bonds is 0. The molecule has 0 N–H and O–H groups in total. The Bertz CT molecular complexity index is 82.8. The van der Waals surface area contributed by atoms with E-state index in [1.807, 2.05) is 0 Å². The fourth-order valence-corrected chi connectivity index (χ4v) is 0. The van der Waals surface area contributed by atoms with Crippen LogP contribution >= 0.6 is 24.4 Å². The third kappa shape index (κ3) is 503. The van der Waals surface area contributed by atoms with Crippen molar-refractivity contribution in [3.05, 3.63) is 0 Å². The molecule has 0 aromatic heterocycles. The first-order valence-corrected chi connectivity index (χ1v) is 10.2. The third-order valence-corrected chi connectivity index (χ3v) is 0. The zero-order valence-corrected chi connectivity index (χ0v) is 13.3. The van der Waals surface area contributed by atoms with Gasteiger partial charge in [0.1, 0.15) is 0 Å². The van der Waals surface area contributed by atoms with Crippen LogP contribution in [0.2, 0.25) is 9.88 Å². The predicted molar refractivity (Wildman–Crippen MR) is 68.8 cm³/mol. The normalized spacial score (nSPS) is 5.45. The Kier molecular flexibility index (Phi) is 29.0. The Morgan fingerprint density at radius 3 is 1.00 bits per heavy atom. The van der Waals surface area contributed by atoms with Gasteiger partial charge in [0.25, 0.3) is 0 Å². The molecule has 0 fully saturated rings. The zero-order valence-electron chi connectivity index (χ0n) is 7.13. The quantitative estimate of drug-likeness (QED) is 0.380. The van der Waals surface area contributed by atoms with Gasteiger partial charge < -0.3 is 49.7 Å². The standard InChI is InChI=1S/2C2H4S2.2CH3.Sn/c2*1-2(3)4;;;/h2*1H3,(H,3,4);2*1H3;/q;;;;+2/p-2. The number of thiocarbonyl (C=S) groups is 2. The number of hydrogen-bond acceptors (Lipinski definition) is 4. The second-order valence-corrected chi connectivity index (χ2v) is 7.30. The molecule has 0 aliphatic rings. The SMILES string of the molecule is CC(=S)[S-].CC(=S)[S-].[CH3][Sn+2][CH3]. The summed E-state index contributed by atoms with van der Waals surface area (Å²) in [5, 5.41) is 0. The molecule has 0 aromatic rings. The van der Waals surface area contributed by atoms with Crippen molar-refractivity contribution in [1.82, 2.24) is 0 Å². The summed E-state index contributed by atoms with van der Waals surface area (Å²) in [7, 11) is 0. The van der Waals surface area contributed by atoms with Crippen LogP contribution in [0.15, 0.2) is 0 Å². The molecule has 0 nitrogen and oxygen atoms in total. The molecule has 0 radical (unpaired) electrons. The first kappa shape index (κ1) is 18.3. The van der Waals surface area contributed by atoms with Gasteiger partial charge in [-0.1, -0.05) is 13.8 Å². The third-order valence-electron chi connectivity index (χ3n) is 0. The molecule has 0 aliphatic carbocycles. The summed E-state index contributed by atoms with van der Waals surface area (Å²) >= 11 is 17.6. The molecule has 5 heteroatoms. The van der Waals surface area contributed by atoms with Gasteiger partial charge in [0, 0.05) is 0 Å². The molecule has 0 amide bonds. The van der Waals surface area contributed by atoms with Gasteiger partial charge in [-0.25, -0.2) is 0 Å². The van der Waals surface area contributed by atoms with E-state index in [-0.39, 0.29) is 21.1 Å². The zero-order chi connectivity index (χ0) is 9.86. The van der Waals surface area contributed by atoms with Gasteiger partial charge in [0.2, 0.25) is 0 Å². The van der Waals surface area contributed by atoms with Crippen LogP contribution in [0.4, 0.5) is 0 Å². The molecule has 11 heavy (non-hydrogen) atoms. The summed E-state index contributed by atoms with van der Waals surface area (Å²) in [5.41, 5.74) is 0. The van der Waals surface area contributed by atoms with E-state index in [9.17, 15) is 0 Å². The average molecular weight is 331 g/mol. The van der Waals surface area contributed by atoms with E-state index in [1.165, 1.54) is 0 Å². The van der Waals surface area contributed by atoms with Gasteiger partial charge >= 0.3 is 31.0 Å². The first-order valence-electron chi connectivity index (χ1n) is 2.82.